The van der Waals surface area contributed by atoms with Gasteiger partial charge in [0.25, 0.3) is 0 Å². The lowest BCUT2D eigenvalue weighted by Gasteiger charge is -2.34. The van der Waals surface area contributed by atoms with Crippen LogP contribution < -0.4 is 14.9 Å². The molecule has 0 radical (unpaired) electrons. The Kier molecular flexibility index (Phi) is 10.6. The number of hydrogen-bond acceptors (Lipinski definition) is 11. The maximum absolute atomic E-state index is 14.0. The standard InChI is InChI=1S/C31H38ClN6O7P/c1-20(2)44-29(40)21(3)37-46(41,45-23-13-9-6-10-14-23)43-17-25-31(4,18-39)24(16-42-25)38-19-34-26-27(35-30(32)36-28(26)38)33-15-22-11-7-5-8-12-22/h5-14,19-21,24-25,39H,15-18H2,1-4H3,(H,37,41)(H,33,35,36)/t21-,24?,25+,31?,46?/m0/s1. The molecule has 0 spiro atoms. The van der Waals surface area contributed by atoms with Crippen molar-refractivity contribution in [2.24, 2.45) is 5.41 Å². The monoisotopic (exact) mass is 672 g/mol. The van der Waals surface area contributed by atoms with E-state index in [1.165, 1.54) is 6.92 Å². The minimum atomic E-state index is -4.16. The lowest BCUT2D eigenvalue weighted by atomic mass is 9.80. The van der Waals surface area contributed by atoms with Gasteiger partial charge in [-0.05, 0) is 50.1 Å². The largest absolute Gasteiger partial charge is 0.462 e. The first-order chi connectivity index (χ1) is 22.0. The van der Waals surface area contributed by atoms with Crippen LogP contribution >= 0.6 is 19.3 Å². The molecule has 0 aliphatic carbocycles. The van der Waals surface area contributed by atoms with Gasteiger partial charge >= 0.3 is 13.7 Å². The zero-order chi connectivity index (χ0) is 32.9. The molecule has 13 nitrogen and oxygen atoms in total. The number of nitrogens with one attached hydrogen (secondary N) is 2. The second kappa shape index (κ2) is 14.5. The first-order valence-corrected chi connectivity index (χ1v) is 16.8. The molecule has 1 fully saturated rings. The lowest BCUT2D eigenvalue weighted by Crippen LogP contribution is -2.41. The number of esters is 1. The number of fused-ring (bicyclic) bond motifs is 1. The van der Waals surface area contributed by atoms with Gasteiger partial charge in [0.05, 0.1) is 44.4 Å². The number of nitrogens with zero attached hydrogens (tertiary/aromatic N) is 4. The van der Waals surface area contributed by atoms with Gasteiger partial charge in [0.1, 0.15) is 11.8 Å². The number of carbonyl (C=O) groups is 1. The summed E-state index contributed by atoms with van der Waals surface area (Å²) in [6.07, 6.45) is 0.512. The van der Waals surface area contributed by atoms with Crippen LogP contribution in [-0.4, -0.2) is 68.7 Å². The second-order valence-electron chi connectivity index (χ2n) is 11.5. The van der Waals surface area contributed by atoms with Gasteiger partial charge in [0.15, 0.2) is 17.0 Å². The molecule has 5 rings (SSSR count). The van der Waals surface area contributed by atoms with Gasteiger partial charge in [-0.15, -0.1) is 0 Å². The molecule has 4 aromatic rings. The maximum atomic E-state index is 14.0. The quantitative estimate of drug-likeness (QED) is 0.0919. The van der Waals surface area contributed by atoms with Gasteiger partial charge in [-0.2, -0.15) is 15.1 Å². The Labute approximate surface area is 272 Å². The number of benzene rings is 2. The summed E-state index contributed by atoms with van der Waals surface area (Å²) >= 11 is 6.34. The molecule has 1 aliphatic rings. The number of para-hydroxylation sites is 1. The van der Waals surface area contributed by atoms with Crippen LogP contribution in [0, 0.1) is 5.41 Å². The molecule has 1 aliphatic heterocycles. The second-order valence-corrected chi connectivity index (χ2v) is 13.6. The highest BCUT2D eigenvalue weighted by Crippen LogP contribution is 2.49. The van der Waals surface area contributed by atoms with E-state index in [1.807, 2.05) is 37.3 Å². The number of rotatable bonds is 14. The molecule has 3 N–H and O–H groups in total. The van der Waals surface area contributed by atoms with Crippen molar-refractivity contribution in [3.05, 3.63) is 77.8 Å². The van der Waals surface area contributed by atoms with E-state index in [1.54, 1.807) is 55.1 Å². The van der Waals surface area contributed by atoms with Gasteiger partial charge < -0.3 is 29.0 Å². The Morgan fingerprint density at radius 1 is 1.15 bits per heavy atom. The van der Waals surface area contributed by atoms with E-state index >= 15 is 0 Å². The van der Waals surface area contributed by atoms with E-state index in [0.29, 0.717) is 23.5 Å². The zero-order valence-electron chi connectivity index (χ0n) is 26.0. The molecule has 2 aromatic heterocycles. The number of hydrogen-bond donors (Lipinski definition) is 3. The van der Waals surface area contributed by atoms with E-state index in [0.717, 1.165) is 5.56 Å². The molecule has 2 aromatic carbocycles. The van der Waals surface area contributed by atoms with Crippen molar-refractivity contribution in [3.63, 3.8) is 0 Å². The van der Waals surface area contributed by atoms with E-state index in [-0.39, 0.29) is 37.0 Å². The summed E-state index contributed by atoms with van der Waals surface area (Å²) in [6.45, 7) is 6.91. The summed E-state index contributed by atoms with van der Waals surface area (Å²) in [5.41, 5.74) is 1.08. The molecular weight excluding hydrogens is 635 g/mol. The van der Waals surface area contributed by atoms with Gasteiger partial charge in [-0.3, -0.25) is 9.32 Å². The first kappa shape index (κ1) is 33.8. The van der Waals surface area contributed by atoms with Crippen molar-refractivity contribution >= 4 is 42.3 Å². The van der Waals surface area contributed by atoms with Crippen LogP contribution in [0.1, 0.15) is 39.3 Å². The first-order valence-electron chi connectivity index (χ1n) is 14.9. The van der Waals surface area contributed by atoms with Crippen LogP contribution in [0.4, 0.5) is 5.82 Å². The Morgan fingerprint density at radius 3 is 2.52 bits per heavy atom. The molecule has 3 heterocycles. The van der Waals surface area contributed by atoms with E-state index in [9.17, 15) is 14.5 Å². The number of aliphatic hydroxyl groups excluding tert-OH is 1. The summed E-state index contributed by atoms with van der Waals surface area (Å²) in [6, 6.07) is 16.8. The van der Waals surface area contributed by atoms with Crippen LogP contribution in [0.25, 0.3) is 11.2 Å². The van der Waals surface area contributed by atoms with Crippen molar-refractivity contribution in [2.45, 2.75) is 58.5 Å². The third-order valence-electron chi connectivity index (χ3n) is 7.75. The molecule has 0 bridgehead atoms. The zero-order valence-corrected chi connectivity index (χ0v) is 27.6. The highest BCUT2D eigenvalue weighted by atomic mass is 35.5. The molecule has 0 amide bonds. The van der Waals surface area contributed by atoms with Crippen LogP contribution in [0.3, 0.4) is 0 Å². The normalized spacial score (nSPS) is 21.6. The topological polar surface area (TPSA) is 159 Å². The molecule has 246 valence electrons. The summed E-state index contributed by atoms with van der Waals surface area (Å²) in [5.74, 6) is 0.131. The molecule has 3 unspecified atom stereocenters. The molecule has 46 heavy (non-hydrogen) atoms. The fourth-order valence-electron chi connectivity index (χ4n) is 5.17. The van der Waals surface area contributed by atoms with Gasteiger partial charge in [0.2, 0.25) is 5.28 Å². The minimum absolute atomic E-state index is 0.0319. The number of carbonyl (C=O) groups excluding carboxylic acids is 1. The molecular formula is C31H38ClN6O7P. The number of imidazole rings is 1. The number of ether oxygens (including phenoxy) is 2. The molecule has 5 atom stereocenters. The number of aliphatic hydroxyl groups is 1. The van der Waals surface area contributed by atoms with Crippen molar-refractivity contribution < 1.29 is 33.0 Å². The van der Waals surface area contributed by atoms with E-state index < -0.39 is 37.3 Å². The smallest absolute Gasteiger partial charge is 0.459 e. The van der Waals surface area contributed by atoms with E-state index in [2.05, 4.69) is 25.4 Å². The van der Waals surface area contributed by atoms with Crippen molar-refractivity contribution in [3.8, 4) is 5.75 Å². The molecule has 0 saturated carbocycles. The summed E-state index contributed by atoms with van der Waals surface area (Å²) in [7, 11) is -4.16. The Morgan fingerprint density at radius 2 is 1.85 bits per heavy atom. The average Bonchev–Trinajstić information content (AvgIpc) is 3.59. The van der Waals surface area contributed by atoms with Gasteiger partial charge in [-0.25, -0.2) is 9.55 Å². The summed E-state index contributed by atoms with van der Waals surface area (Å²) in [4.78, 5) is 25.9. The Bertz CT molecular complexity index is 1680. The SMILES string of the molecule is CC(C)OC(=O)[C@H](C)NP(=O)(OC[C@H]1OCC(n2cnc3c(NCc4ccccc4)nc(Cl)nc32)C1(C)CO)Oc1ccccc1. The molecule has 15 heteroatoms. The Balaban J connectivity index is 1.36. The fraction of sp³-hybridized carbons (Fsp3) is 0.419. The predicted molar refractivity (Wildman–Crippen MR) is 173 cm³/mol. The number of anilines is 1. The predicted octanol–water partition coefficient (Wildman–Crippen LogP) is 5.16. The van der Waals surface area contributed by atoms with E-state index in [4.69, 9.17) is 30.1 Å². The molecule has 1 saturated heterocycles. The Hall–Kier alpha value is -3.58. The van der Waals surface area contributed by atoms with Gasteiger partial charge in [0, 0.05) is 12.0 Å². The number of aromatic nitrogens is 4. The van der Waals surface area contributed by atoms with Gasteiger partial charge in [-0.1, -0.05) is 55.5 Å². The van der Waals surface area contributed by atoms with Crippen molar-refractivity contribution in [2.75, 3.05) is 25.1 Å². The van der Waals surface area contributed by atoms with Crippen LogP contribution in [-0.2, 0) is 29.9 Å². The highest BCUT2D eigenvalue weighted by Gasteiger charge is 2.50. The summed E-state index contributed by atoms with van der Waals surface area (Å²) in [5, 5.41) is 16.7. The third-order valence-corrected chi connectivity index (χ3v) is 9.56. The fourth-order valence-corrected chi connectivity index (χ4v) is 6.82. The number of halogens is 1. The van der Waals surface area contributed by atoms with Crippen molar-refractivity contribution in [1.82, 2.24) is 24.6 Å². The third kappa shape index (κ3) is 7.68. The van der Waals surface area contributed by atoms with Crippen LogP contribution in [0.2, 0.25) is 5.28 Å². The van der Waals surface area contributed by atoms with Crippen LogP contribution in [0.15, 0.2) is 67.0 Å². The lowest BCUT2D eigenvalue weighted by molar-refractivity contribution is -0.149. The summed E-state index contributed by atoms with van der Waals surface area (Å²) < 4.78 is 38.9. The minimum Gasteiger partial charge on any atom is -0.462 e. The maximum Gasteiger partial charge on any atom is 0.459 e. The van der Waals surface area contributed by atoms with Crippen LogP contribution in [0.5, 0.6) is 5.75 Å². The highest BCUT2D eigenvalue weighted by molar-refractivity contribution is 7.52. The average molecular weight is 673 g/mol. The van der Waals surface area contributed by atoms with Crippen molar-refractivity contribution in [1.29, 1.82) is 0 Å².